The molecule has 0 atom stereocenters. The summed E-state index contributed by atoms with van der Waals surface area (Å²) in [4.78, 5) is 0. The molecule has 0 bridgehead atoms. The molecule has 1 aromatic heterocycles. The highest BCUT2D eigenvalue weighted by atomic mass is 79.9. The van der Waals surface area contributed by atoms with Crippen molar-refractivity contribution in [2.24, 2.45) is 7.05 Å². The zero-order chi connectivity index (χ0) is 10.3. The van der Waals surface area contributed by atoms with Crippen LogP contribution in [0, 0.1) is 11.3 Å². The predicted molar refractivity (Wildman–Crippen MR) is 60.8 cm³/mol. The number of halogens is 2. The minimum Gasteiger partial charge on any atom is -0.257 e. The summed E-state index contributed by atoms with van der Waals surface area (Å²) in [5, 5.41) is 14.1. The van der Waals surface area contributed by atoms with Crippen molar-refractivity contribution < 1.29 is 0 Å². The summed E-state index contributed by atoms with van der Waals surface area (Å²) in [6.45, 7) is 0. The fraction of sp³-hybridized carbons (Fsp3) is 0.111. The van der Waals surface area contributed by atoms with E-state index in [1.807, 2.05) is 12.1 Å². The Morgan fingerprint density at radius 2 is 2.14 bits per heavy atom. The molecule has 0 unspecified atom stereocenters. The number of nitriles is 1. The van der Waals surface area contributed by atoms with Crippen LogP contribution in [0.25, 0.3) is 10.9 Å². The van der Waals surface area contributed by atoms with Gasteiger partial charge in [0, 0.05) is 21.4 Å². The number of aromatic nitrogens is 2. The molecule has 2 aromatic rings. The van der Waals surface area contributed by atoms with E-state index in [-0.39, 0.29) is 0 Å². The first-order chi connectivity index (χ1) is 6.63. The molecule has 0 saturated heterocycles. The van der Waals surface area contributed by atoms with Gasteiger partial charge in [-0.2, -0.15) is 10.4 Å². The third-order valence-electron chi connectivity index (χ3n) is 1.96. The average molecular weight is 315 g/mol. The first kappa shape index (κ1) is 9.69. The molecule has 2 rings (SSSR count). The Labute approximate surface area is 97.6 Å². The summed E-state index contributed by atoms with van der Waals surface area (Å²) in [7, 11) is 1.76. The highest BCUT2D eigenvalue weighted by molar-refractivity contribution is 9.11. The van der Waals surface area contributed by atoms with Gasteiger partial charge >= 0.3 is 0 Å². The molecular formula is C9H5Br2N3. The average Bonchev–Trinajstić information content (AvgIpc) is 2.41. The minimum atomic E-state index is 0.571. The summed E-state index contributed by atoms with van der Waals surface area (Å²) in [6, 6.07) is 5.94. The third kappa shape index (κ3) is 1.35. The van der Waals surface area contributed by atoms with Crippen molar-refractivity contribution >= 4 is 42.8 Å². The van der Waals surface area contributed by atoms with E-state index in [1.165, 1.54) is 0 Å². The fourth-order valence-electron chi connectivity index (χ4n) is 1.36. The summed E-state index contributed by atoms with van der Waals surface area (Å²) < 4.78 is 3.40. The molecule has 0 saturated carbocycles. The molecule has 0 amide bonds. The summed E-state index contributed by atoms with van der Waals surface area (Å²) >= 11 is 6.79. The van der Waals surface area contributed by atoms with E-state index >= 15 is 0 Å². The molecule has 0 fully saturated rings. The van der Waals surface area contributed by atoms with Crippen molar-refractivity contribution in [3.8, 4) is 6.07 Å². The molecule has 0 aliphatic carbocycles. The topological polar surface area (TPSA) is 41.6 Å². The highest BCUT2D eigenvalue weighted by Gasteiger charge is 2.11. The van der Waals surface area contributed by atoms with Crippen molar-refractivity contribution in [3.63, 3.8) is 0 Å². The van der Waals surface area contributed by atoms with E-state index in [0.29, 0.717) is 5.69 Å². The number of benzene rings is 1. The summed E-state index contributed by atoms with van der Waals surface area (Å²) in [5.74, 6) is 0. The van der Waals surface area contributed by atoms with Crippen molar-refractivity contribution in [1.82, 2.24) is 9.78 Å². The maximum Gasteiger partial charge on any atom is 0.146 e. The van der Waals surface area contributed by atoms with Gasteiger partial charge in [-0.1, -0.05) is 15.9 Å². The van der Waals surface area contributed by atoms with Crippen LogP contribution in [0.5, 0.6) is 0 Å². The molecule has 0 N–H and O–H groups in total. The van der Waals surface area contributed by atoms with E-state index < -0.39 is 0 Å². The molecule has 3 nitrogen and oxygen atoms in total. The first-order valence-corrected chi connectivity index (χ1v) is 5.44. The maximum absolute atomic E-state index is 8.95. The first-order valence-electron chi connectivity index (χ1n) is 3.85. The van der Waals surface area contributed by atoms with Crippen LogP contribution in [0.2, 0.25) is 0 Å². The largest absolute Gasteiger partial charge is 0.257 e. The minimum absolute atomic E-state index is 0.571. The molecular weight excluding hydrogens is 310 g/mol. The molecule has 0 aliphatic rings. The van der Waals surface area contributed by atoms with Crippen LogP contribution in [-0.2, 0) is 7.05 Å². The van der Waals surface area contributed by atoms with Crippen LogP contribution < -0.4 is 0 Å². The second kappa shape index (κ2) is 3.37. The van der Waals surface area contributed by atoms with Gasteiger partial charge in [0.1, 0.15) is 17.3 Å². The second-order valence-corrected chi connectivity index (χ2v) is 4.64. The smallest absolute Gasteiger partial charge is 0.146 e. The van der Waals surface area contributed by atoms with Gasteiger partial charge in [0.15, 0.2) is 0 Å². The van der Waals surface area contributed by atoms with Crippen LogP contribution in [0.1, 0.15) is 5.69 Å². The standard InChI is InChI=1S/C9H5Br2N3/c1-14-8(4-12)6-2-5(10)3-7(11)9(6)13-14/h2-3H,1H3. The van der Waals surface area contributed by atoms with Crippen molar-refractivity contribution in [2.45, 2.75) is 0 Å². The van der Waals surface area contributed by atoms with Crippen LogP contribution in [0.3, 0.4) is 0 Å². The lowest BCUT2D eigenvalue weighted by Crippen LogP contribution is -1.92. The highest BCUT2D eigenvalue weighted by Crippen LogP contribution is 2.29. The number of hydrogen-bond donors (Lipinski definition) is 0. The molecule has 0 aliphatic heterocycles. The number of hydrogen-bond acceptors (Lipinski definition) is 2. The zero-order valence-electron chi connectivity index (χ0n) is 7.25. The van der Waals surface area contributed by atoms with Gasteiger partial charge in [0.25, 0.3) is 0 Å². The van der Waals surface area contributed by atoms with Crippen LogP contribution in [-0.4, -0.2) is 9.78 Å². The maximum atomic E-state index is 8.95. The predicted octanol–water partition coefficient (Wildman–Crippen LogP) is 2.97. The number of fused-ring (bicyclic) bond motifs is 1. The summed E-state index contributed by atoms with van der Waals surface area (Å²) in [5.41, 5.74) is 1.38. The van der Waals surface area contributed by atoms with E-state index in [1.54, 1.807) is 11.7 Å². The van der Waals surface area contributed by atoms with Gasteiger partial charge in [0.2, 0.25) is 0 Å². The summed E-state index contributed by atoms with van der Waals surface area (Å²) in [6.07, 6.45) is 0. The van der Waals surface area contributed by atoms with Gasteiger partial charge in [-0.05, 0) is 28.1 Å². The Balaban J connectivity index is 2.97. The molecule has 0 spiro atoms. The van der Waals surface area contributed by atoms with Crippen LogP contribution in [0.15, 0.2) is 21.1 Å². The number of rotatable bonds is 0. The Morgan fingerprint density at radius 1 is 1.43 bits per heavy atom. The van der Waals surface area contributed by atoms with E-state index in [2.05, 4.69) is 43.0 Å². The quantitative estimate of drug-likeness (QED) is 0.750. The normalized spacial score (nSPS) is 10.4. The van der Waals surface area contributed by atoms with Gasteiger partial charge < -0.3 is 0 Å². The van der Waals surface area contributed by atoms with Gasteiger partial charge in [-0.3, -0.25) is 4.68 Å². The molecule has 14 heavy (non-hydrogen) atoms. The lowest BCUT2D eigenvalue weighted by Gasteiger charge is -1.93. The lowest BCUT2D eigenvalue weighted by molar-refractivity contribution is 0.767. The molecule has 1 heterocycles. The Morgan fingerprint density at radius 3 is 2.79 bits per heavy atom. The fourth-order valence-corrected chi connectivity index (χ4v) is 2.66. The molecule has 70 valence electrons. The molecule has 5 heteroatoms. The van der Waals surface area contributed by atoms with Gasteiger partial charge in [-0.15, -0.1) is 0 Å². The van der Waals surface area contributed by atoms with Crippen LogP contribution >= 0.6 is 31.9 Å². The number of nitrogens with zero attached hydrogens (tertiary/aromatic N) is 3. The monoisotopic (exact) mass is 313 g/mol. The van der Waals surface area contributed by atoms with E-state index in [9.17, 15) is 0 Å². The SMILES string of the molecule is Cn1nc2c(Br)cc(Br)cc2c1C#N. The van der Waals surface area contributed by atoms with Crippen molar-refractivity contribution in [3.05, 3.63) is 26.8 Å². The molecule has 1 aromatic carbocycles. The van der Waals surface area contributed by atoms with Crippen LogP contribution in [0.4, 0.5) is 0 Å². The third-order valence-corrected chi connectivity index (χ3v) is 3.03. The van der Waals surface area contributed by atoms with Gasteiger partial charge in [0.05, 0.1) is 0 Å². The van der Waals surface area contributed by atoms with E-state index in [4.69, 9.17) is 5.26 Å². The van der Waals surface area contributed by atoms with Crippen molar-refractivity contribution in [1.29, 1.82) is 5.26 Å². The number of aryl methyl sites for hydroxylation is 1. The lowest BCUT2D eigenvalue weighted by atomic mass is 10.2. The van der Waals surface area contributed by atoms with Gasteiger partial charge in [-0.25, -0.2) is 0 Å². The second-order valence-electron chi connectivity index (χ2n) is 2.87. The zero-order valence-corrected chi connectivity index (χ0v) is 10.4. The van der Waals surface area contributed by atoms with E-state index in [0.717, 1.165) is 19.8 Å². The van der Waals surface area contributed by atoms with Crippen molar-refractivity contribution in [2.75, 3.05) is 0 Å². The Bertz CT molecular complexity index is 551. The Kier molecular flexibility index (Phi) is 2.33. The molecule has 0 radical (unpaired) electrons. The Hall–Kier alpha value is -0.860.